The van der Waals surface area contributed by atoms with E-state index in [-0.39, 0.29) is 18.6 Å². The highest BCUT2D eigenvalue weighted by Crippen LogP contribution is 2.38. The predicted octanol–water partition coefficient (Wildman–Crippen LogP) is 5.73. The molecule has 0 N–H and O–H groups in total. The number of nitrogens with zero attached hydrogens (tertiary/aromatic N) is 1. The van der Waals surface area contributed by atoms with Crippen LogP contribution in [0.2, 0.25) is 0 Å². The molecule has 4 heteroatoms. The van der Waals surface area contributed by atoms with E-state index in [4.69, 9.17) is 9.47 Å². The van der Waals surface area contributed by atoms with Crippen molar-refractivity contribution in [3.8, 4) is 11.5 Å². The van der Waals surface area contributed by atoms with Crippen LogP contribution in [0.5, 0.6) is 11.5 Å². The van der Waals surface area contributed by atoms with Crippen LogP contribution in [0.3, 0.4) is 0 Å². The maximum absolute atomic E-state index is 13.4. The van der Waals surface area contributed by atoms with E-state index in [1.165, 1.54) is 11.1 Å². The summed E-state index contributed by atoms with van der Waals surface area (Å²) in [6, 6.07) is 25.3. The standard InChI is InChI=1S/C29H31NO3/c1-21-7-9-24(10-8-21)26(25-11-12-27-28(18-25)33-20-32-27)19-29(31)30-15-13-23(14-16-30)17-22-5-3-2-4-6-22/h2-12,18,23,26H,13-17,19-20H2,1H3. The van der Waals surface area contributed by atoms with Gasteiger partial charge in [0.1, 0.15) is 0 Å². The first-order chi connectivity index (χ1) is 16.2. The zero-order valence-corrected chi connectivity index (χ0v) is 19.2. The average Bonchev–Trinajstić information content (AvgIpc) is 3.32. The van der Waals surface area contributed by atoms with Gasteiger partial charge in [0.25, 0.3) is 0 Å². The topological polar surface area (TPSA) is 38.8 Å². The second-order valence-corrected chi connectivity index (χ2v) is 9.29. The summed E-state index contributed by atoms with van der Waals surface area (Å²) >= 11 is 0. The van der Waals surface area contributed by atoms with Crippen molar-refractivity contribution >= 4 is 5.91 Å². The fraction of sp³-hybridized carbons (Fsp3) is 0.345. The van der Waals surface area contributed by atoms with Gasteiger partial charge in [0, 0.05) is 25.4 Å². The number of carbonyl (C=O) groups is 1. The van der Waals surface area contributed by atoms with Gasteiger partial charge in [-0.05, 0) is 60.9 Å². The lowest BCUT2D eigenvalue weighted by Gasteiger charge is -2.33. The molecule has 0 aromatic heterocycles. The summed E-state index contributed by atoms with van der Waals surface area (Å²) < 4.78 is 11.1. The Hall–Kier alpha value is -3.27. The van der Waals surface area contributed by atoms with Gasteiger partial charge < -0.3 is 14.4 Å². The van der Waals surface area contributed by atoms with Gasteiger partial charge in [-0.1, -0.05) is 66.2 Å². The van der Waals surface area contributed by atoms with Crippen LogP contribution in [0.25, 0.3) is 0 Å². The highest BCUT2D eigenvalue weighted by molar-refractivity contribution is 5.78. The number of rotatable bonds is 6. The molecule has 1 fully saturated rings. The van der Waals surface area contributed by atoms with Gasteiger partial charge >= 0.3 is 0 Å². The van der Waals surface area contributed by atoms with Crippen molar-refractivity contribution in [1.29, 1.82) is 0 Å². The minimum absolute atomic E-state index is 0.00496. The maximum Gasteiger partial charge on any atom is 0.231 e. The monoisotopic (exact) mass is 441 g/mol. The van der Waals surface area contributed by atoms with Crippen molar-refractivity contribution in [2.45, 2.75) is 38.5 Å². The fourth-order valence-corrected chi connectivity index (χ4v) is 4.99. The fourth-order valence-electron chi connectivity index (χ4n) is 4.99. The predicted molar refractivity (Wildman–Crippen MR) is 130 cm³/mol. The highest BCUT2D eigenvalue weighted by atomic mass is 16.7. The molecule has 33 heavy (non-hydrogen) atoms. The molecule has 3 aromatic carbocycles. The molecule has 0 saturated carbocycles. The Kier molecular flexibility index (Phi) is 6.34. The van der Waals surface area contributed by atoms with E-state index in [1.54, 1.807) is 0 Å². The molecule has 2 heterocycles. The van der Waals surface area contributed by atoms with Crippen LogP contribution in [-0.2, 0) is 11.2 Å². The molecule has 1 atom stereocenters. The summed E-state index contributed by atoms with van der Waals surface area (Å²) in [5.41, 5.74) is 4.86. The third-order valence-electron chi connectivity index (χ3n) is 6.99. The molecule has 2 aliphatic rings. The molecule has 4 nitrogen and oxygen atoms in total. The molecule has 2 aliphatic heterocycles. The van der Waals surface area contributed by atoms with Gasteiger partial charge in [-0.15, -0.1) is 0 Å². The molecular formula is C29H31NO3. The van der Waals surface area contributed by atoms with Crippen LogP contribution in [0, 0.1) is 12.8 Å². The van der Waals surface area contributed by atoms with Crippen LogP contribution >= 0.6 is 0 Å². The summed E-state index contributed by atoms with van der Waals surface area (Å²) in [6.45, 7) is 4.03. The van der Waals surface area contributed by atoms with Crippen molar-refractivity contribution in [1.82, 2.24) is 4.90 Å². The third kappa shape index (κ3) is 5.05. The molecule has 0 bridgehead atoms. The summed E-state index contributed by atoms with van der Waals surface area (Å²) in [5.74, 6) is 2.41. The zero-order chi connectivity index (χ0) is 22.6. The quantitative estimate of drug-likeness (QED) is 0.491. The van der Waals surface area contributed by atoms with E-state index < -0.39 is 0 Å². The number of carbonyl (C=O) groups excluding carboxylic acids is 1. The Balaban J connectivity index is 1.28. The van der Waals surface area contributed by atoms with Crippen LogP contribution in [0.4, 0.5) is 0 Å². The first-order valence-corrected chi connectivity index (χ1v) is 11.9. The minimum atomic E-state index is -0.00496. The molecule has 3 aromatic rings. The second kappa shape index (κ2) is 9.70. The highest BCUT2D eigenvalue weighted by Gasteiger charge is 2.27. The molecule has 0 spiro atoms. The Morgan fingerprint density at radius 1 is 0.909 bits per heavy atom. The Labute approximate surface area is 196 Å². The average molecular weight is 442 g/mol. The van der Waals surface area contributed by atoms with Gasteiger partial charge in [-0.25, -0.2) is 0 Å². The smallest absolute Gasteiger partial charge is 0.231 e. The summed E-state index contributed by atoms with van der Waals surface area (Å²) in [4.78, 5) is 15.5. The number of fused-ring (bicyclic) bond motifs is 1. The lowest BCUT2D eigenvalue weighted by Crippen LogP contribution is -2.39. The normalized spacial score (nSPS) is 16.6. The van der Waals surface area contributed by atoms with Gasteiger partial charge in [-0.2, -0.15) is 0 Å². The first-order valence-electron chi connectivity index (χ1n) is 11.9. The summed E-state index contributed by atoms with van der Waals surface area (Å²) in [7, 11) is 0. The van der Waals surface area contributed by atoms with Crippen LogP contribution in [-0.4, -0.2) is 30.7 Å². The van der Waals surface area contributed by atoms with E-state index in [0.29, 0.717) is 12.3 Å². The van der Waals surface area contributed by atoms with Gasteiger partial charge in [0.05, 0.1) is 0 Å². The zero-order valence-electron chi connectivity index (χ0n) is 19.2. The Morgan fingerprint density at radius 3 is 2.36 bits per heavy atom. The number of ether oxygens (including phenoxy) is 2. The molecule has 5 rings (SSSR count). The number of hydrogen-bond acceptors (Lipinski definition) is 3. The van der Waals surface area contributed by atoms with Crippen molar-refractivity contribution in [2.24, 2.45) is 5.92 Å². The van der Waals surface area contributed by atoms with E-state index in [9.17, 15) is 4.79 Å². The van der Waals surface area contributed by atoms with Crippen molar-refractivity contribution in [3.63, 3.8) is 0 Å². The molecule has 0 radical (unpaired) electrons. The SMILES string of the molecule is Cc1ccc(C(CC(=O)N2CCC(Cc3ccccc3)CC2)c2ccc3c(c2)OCO3)cc1. The Morgan fingerprint density at radius 2 is 1.61 bits per heavy atom. The van der Waals surface area contributed by atoms with Gasteiger partial charge in [0.2, 0.25) is 12.7 Å². The third-order valence-corrected chi connectivity index (χ3v) is 6.99. The van der Waals surface area contributed by atoms with Crippen molar-refractivity contribution in [3.05, 3.63) is 95.1 Å². The first kappa shape index (κ1) is 21.6. The maximum atomic E-state index is 13.4. The van der Waals surface area contributed by atoms with Crippen LogP contribution in [0.1, 0.15) is 47.4 Å². The number of hydrogen-bond donors (Lipinski definition) is 0. The second-order valence-electron chi connectivity index (χ2n) is 9.29. The van der Waals surface area contributed by atoms with E-state index in [2.05, 4.69) is 72.5 Å². The summed E-state index contributed by atoms with van der Waals surface area (Å²) in [5, 5.41) is 0. The molecule has 1 saturated heterocycles. The molecule has 0 aliphatic carbocycles. The molecule has 1 unspecified atom stereocenters. The molecule has 1 amide bonds. The van der Waals surface area contributed by atoms with Crippen molar-refractivity contribution in [2.75, 3.05) is 19.9 Å². The van der Waals surface area contributed by atoms with Crippen LogP contribution < -0.4 is 9.47 Å². The number of aryl methyl sites for hydroxylation is 1. The number of likely N-dealkylation sites (tertiary alicyclic amines) is 1. The van der Waals surface area contributed by atoms with Gasteiger partial charge in [0.15, 0.2) is 11.5 Å². The number of benzene rings is 3. The lowest BCUT2D eigenvalue weighted by atomic mass is 9.86. The largest absolute Gasteiger partial charge is 0.454 e. The molecule has 170 valence electrons. The van der Waals surface area contributed by atoms with E-state index >= 15 is 0 Å². The van der Waals surface area contributed by atoms with E-state index in [0.717, 1.165) is 55.0 Å². The number of amides is 1. The lowest BCUT2D eigenvalue weighted by molar-refractivity contribution is -0.132. The Bertz CT molecular complexity index is 1090. The van der Waals surface area contributed by atoms with Crippen molar-refractivity contribution < 1.29 is 14.3 Å². The van der Waals surface area contributed by atoms with E-state index in [1.807, 2.05) is 12.1 Å². The summed E-state index contributed by atoms with van der Waals surface area (Å²) in [6.07, 6.45) is 3.71. The number of piperidine rings is 1. The van der Waals surface area contributed by atoms with Gasteiger partial charge in [-0.3, -0.25) is 4.79 Å². The molecular weight excluding hydrogens is 410 g/mol. The van der Waals surface area contributed by atoms with Crippen LogP contribution in [0.15, 0.2) is 72.8 Å². The minimum Gasteiger partial charge on any atom is -0.454 e.